The first kappa shape index (κ1) is 10.4. The van der Waals surface area contributed by atoms with Crippen LogP contribution in [0, 0.1) is 0 Å². The van der Waals surface area contributed by atoms with Crippen LogP contribution in [0.25, 0.3) is 0 Å². The van der Waals surface area contributed by atoms with Gasteiger partial charge in [0.25, 0.3) is 5.91 Å². The summed E-state index contributed by atoms with van der Waals surface area (Å²) < 4.78 is 0. The fraction of sp³-hybridized carbons (Fsp3) is 0.182. The molecule has 2 rings (SSSR count). The number of pyridine rings is 1. The lowest BCUT2D eigenvalue weighted by Crippen LogP contribution is -2.26. The minimum absolute atomic E-state index is 0.0747. The second-order valence-corrected chi connectivity index (χ2v) is 3.49. The van der Waals surface area contributed by atoms with Crippen LogP contribution in [-0.4, -0.2) is 33.0 Å². The topological polar surface area (TPSA) is 61.9 Å². The van der Waals surface area contributed by atoms with Crippen molar-refractivity contribution in [1.29, 1.82) is 0 Å². The van der Waals surface area contributed by atoms with Crippen molar-refractivity contribution in [1.82, 2.24) is 20.1 Å². The van der Waals surface area contributed by atoms with Gasteiger partial charge in [0.2, 0.25) is 0 Å². The summed E-state index contributed by atoms with van der Waals surface area (Å²) in [6.45, 7) is 0.556. The van der Waals surface area contributed by atoms with Gasteiger partial charge in [0, 0.05) is 32.2 Å². The van der Waals surface area contributed by atoms with Gasteiger partial charge in [-0.3, -0.25) is 14.9 Å². The number of carbonyl (C=O) groups is 1. The molecular formula is C11H12N4O. The van der Waals surface area contributed by atoms with Gasteiger partial charge >= 0.3 is 0 Å². The predicted octanol–water partition coefficient (Wildman–Crippen LogP) is 1.08. The van der Waals surface area contributed by atoms with Crippen molar-refractivity contribution in [3.8, 4) is 0 Å². The molecule has 1 amide bonds. The Balaban J connectivity index is 2.04. The zero-order chi connectivity index (χ0) is 11.4. The fourth-order valence-electron chi connectivity index (χ4n) is 1.41. The number of hydrogen-bond donors (Lipinski definition) is 1. The average molecular weight is 216 g/mol. The Hall–Kier alpha value is -2.17. The Labute approximate surface area is 93.1 Å². The van der Waals surface area contributed by atoms with E-state index in [0.29, 0.717) is 12.2 Å². The Morgan fingerprint density at radius 3 is 2.69 bits per heavy atom. The lowest BCUT2D eigenvalue weighted by atomic mass is 10.2. The monoisotopic (exact) mass is 216 g/mol. The van der Waals surface area contributed by atoms with Crippen LogP contribution in [0.3, 0.4) is 0 Å². The summed E-state index contributed by atoms with van der Waals surface area (Å²) in [6.07, 6.45) is 4.99. The van der Waals surface area contributed by atoms with Gasteiger partial charge in [-0.25, -0.2) is 0 Å². The molecule has 5 nitrogen and oxygen atoms in total. The maximum atomic E-state index is 11.8. The SMILES string of the molecule is CN(Cc1ccncc1)C(=O)c1ccn[nH]1. The highest BCUT2D eigenvalue weighted by atomic mass is 16.2. The highest BCUT2D eigenvalue weighted by Crippen LogP contribution is 2.05. The molecule has 2 aromatic rings. The highest BCUT2D eigenvalue weighted by molar-refractivity contribution is 5.91. The van der Waals surface area contributed by atoms with Gasteiger partial charge in [-0.15, -0.1) is 0 Å². The average Bonchev–Trinajstić information content (AvgIpc) is 2.83. The van der Waals surface area contributed by atoms with Crippen molar-refractivity contribution in [2.75, 3.05) is 7.05 Å². The summed E-state index contributed by atoms with van der Waals surface area (Å²) in [7, 11) is 1.75. The van der Waals surface area contributed by atoms with Crippen LogP contribution in [0.5, 0.6) is 0 Å². The number of hydrogen-bond acceptors (Lipinski definition) is 3. The number of nitrogens with one attached hydrogen (secondary N) is 1. The summed E-state index contributed by atoms with van der Waals surface area (Å²) in [6, 6.07) is 5.43. The van der Waals surface area contributed by atoms with E-state index in [0.717, 1.165) is 5.56 Å². The summed E-state index contributed by atoms with van der Waals surface area (Å²) in [5.74, 6) is -0.0747. The van der Waals surface area contributed by atoms with E-state index < -0.39 is 0 Å². The molecule has 0 fully saturated rings. The Bertz CT molecular complexity index is 452. The molecule has 0 aliphatic rings. The summed E-state index contributed by atoms with van der Waals surface area (Å²) >= 11 is 0. The van der Waals surface area contributed by atoms with Crippen LogP contribution in [0.2, 0.25) is 0 Å². The molecule has 0 unspecified atom stereocenters. The van der Waals surface area contributed by atoms with Crippen molar-refractivity contribution in [2.24, 2.45) is 0 Å². The van der Waals surface area contributed by atoms with E-state index in [4.69, 9.17) is 0 Å². The van der Waals surface area contributed by atoms with E-state index in [9.17, 15) is 4.79 Å². The number of H-pyrrole nitrogens is 1. The Kier molecular flexibility index (Phi) is 2.95. The standard InChI is InChI=1S/C11H12N4O/c1-15(8-9-2-5-12-6-3-9)11(16)10-4-7-13-14-10/h2-7H,8H2,1H3,(H,13,14). The van der Waals surface area contributed by atoms with Crippen LogP contribution in [-0.2, 0) is 6.54 Å². The molecule has 0 atom stereocenters. The third kappa shape index (κ3) is 2.25. The fourth-order valence-corrected chi connectivity index (χ4v) is 1.41. The normalized spacial score (nSPS) is 10.1. The summed E-state index contributed by atoms with van der Waals surface area (Å²) in [4.78, 5) is 17.4. The molecule has 5 heteroatoms. The van der Waals surface area contributed by atoms with Crippen LogP contribution in [0.15, 0.2) is 36.8 Å². The van der Waals surface area contributed by atoms with Crippen molar-refractivity contribution in [3.63, 3.8) is 0 Å². The lowest BCUT2D eigenvalue weighted by molar-refractivity contribution is 0.0779. The molecule has 2 aromatic heterocycles. The maximum absolute atomic E-state index is 11.8. The van der Waals surface area contributed by atoms with Gasteiger partial charge in [-0.2, -0.15) is 5.10 Å². The van der Waals surface area contributed by atoms with Crippen molar-refractivity contribution in [2.45, 2.75) is 6.54 Å². The third-order valence-electron chi connectivity index (χ3n) is 2.25. The van der Waals surface area contributed by atoms with Gasteiger partial charge in [-0.05, 0) is 23.8 Å². The molecule has 0 aliphatic carbocycles. The zero-order valence-electron chi connectivity index (χ0n) is 8.92. The molecular weight excluding hydrogens is 204 g/mol. The van der Waals surface area contributed by atoms with Crippen LogP contribution in [0.1, 0.15) is 16.1 Å². The minimum atomic E-state index is -0.0747. The van der Waals surface area contributed by atoms with Crippen LogP contribution >= 0.6 is 0 Å². The number of carbonyl (C=O) groups excluding carboxylic acids is 1. The van der Waals surface area contributed by atoms with Gasteiger partial charge in [0.15, 0.2) is 0 Å². The first-order chi connectivity index (χ1) is 7.77. The molecule has 82 valence electrons. The lowest BCUT2D eigenvalue weighted by Gasteiger charge is -2.15. The van der Waals surface area contributed by atoms with E-state index in [1.807, 2.05) is 12.1 Å². The van der Waals surface area contributed by atoms with E-state index in [1.54, 1.807) is 36.6 Å². The number of aromatic amines is 1. The first-order valence-corrected chi connectivity index (χ1v) is 4.91. The quantitative estimate of drug-likeness (QED) is 0.835. The number of nitrogens with zero attached hydrogens (tertiary/aromatic N) is 3. The summed E-state index contributed by atoms with van der Waals surface area (Å²) in [5, 5.41) is 6.40. The largest absolute Gasteiger partial charge is 0.336 e. The Morgan fingerprint density at radius 1 is 1.31 bits per heavy atom. The molecule has 0 spiro atoms. The van der Waals surface area contributed by atoms with Crippen LogP contribution < -0.4 is 0 Å². The molecule has 1 N–H and O–H groups in total. The molecule has 16 heavy (non-hydrogen) atoms. The van der Waals surface area contributed by atoms with Gasteiger partial charge < -0.3 is 4.90 Å². The van der Waals surface area contributed by atoms with Crippen LogP contribution in [0.4, 0.5) is 0 Å². The van der Waals surface area contributed by atoms with Gasteiger partial charge in [0.05, 0.1) is 0 Å². The summed E-state index contributed by atoms with van der Waals surface area (Å²) in [5.41, 5.74) is 1.54. The van der Waals surface area contributed by atoms with Gasteiger partial charge in [-0.1, -0.05) is 0 Å². The van der Waals surface area contributed by atoms with Crippen molar-refractivity contribution < 1.29 is 4.79 Å². The molecule has 2 heterocycles. The molecule has 0 saturated heterocycles. The van der Waals surface area contributed by atoms with Crippen molar-refractivity contribution in [3.05, 3.63) is 48.0 Å². The first-order valence-electron chi connectivity index (χ1n) is 4.91. The van der Waals surface area contributed by atoms with E-state index in [-0.39, 0.29) is 5.91 Å². The smallest absolute Gasteiger partial charge is 0.271 e. The second kappa shape index (κ2) is 4.57. The molecule has 0 bridgehead atoms. The maximum Gasteiger partial charge on any atom is 0.271 e. The molecule has 0 aliphatic heterocycles. The molecule has 0 aromatic carbocycles. The van der Waals surface area contributed by atoms with Gasteiger partial charge in [0.1, 0.15) is 5.69 Å². The minimum Gasteiger partial charge on any atom is -0.336 e. The molecule has 0 saturated carbocycles. The number of rotatable bonds is 3. The zero-order valence-corrected chi connectivity index (χ0v) is 8.92. The number of amides is 1. The van der Waals surface area contributed by atoms with Crippen molar-refractivity contribution >= 4 is 5.91 Å². The molecule has 0 radical (unpaired) electrons. The predicted molar refractivity (Wildman–Crippen MR) is 58.6 cm³/mol. The van der Waals surface area contributed by atoms with E-state index in [2.05, 4.69) is 15.2 Å². The third-order valence-corrected chi connectivity index (χ3v) is 2.25. The Morgan fingerprint density at radius 2 is 2.06 bits per heavy atom. The number of aromatic nitrogens is 3. The van der Waals surface area contributed by atoms with E-state index >= 15 is 0 Å². The highest BCUT2D eigenvalue weighted by Gasteiger charge is 2.12. The van der Waals surface area contributed by atoms with E-state index in [1.165, 1.54) is 0 Å². The second-order valence-electron chi connectivity index (χ2n) is 3.49.